The number of nitriles is 1. The third-order valence-corrected chi connectivity index (χ3v) is 3.72. The van der Waals surface area contributed by atoms with Crippen molar-refractivity contribution in [3.05, 3.63) is 0 Å². The highest BCUT2D eigenvalue weighted by molar-refractivity contribution is 6.06. The molecular weight excluding hydrogens is 326 g/mol. The van der Waals surface area contributed by atoms with Gasteiger partial charge in [-0.2, -0.15) is 5.26 Å². The molecule has 0 aliphatic carbocycles. The maximum atomic E-state index is 12.0. The van der Waals surface area contributed by atoms with Crippen LogP contribution in [-0.2, 0) is 19.1 Å². The van der Waals surface area contributed by atoms with E-state index in [9.17, 15) is 14.4 Å². The molecule has 8 heteroatoms. The molecule has 1 unspecified atom stereocenters. The molecule has 0 aromatic heterocycles. The highest BCUT2D eigenvalue weighted by Gasteiger charge is 2.31. The average Bonchev–Trinajstić information content (AvgIpc) is 2.51. The van der Waals surface area contributed by atoms with Gasteiger partial charge < -0.3 is 19.8 Å². The van der Waals surface area contributed by atoms with Gasteiger partial charge in [-0.3, -0.25) is 9.59 Å². The fourth-order valence-electron chi connectivity index (χ4n) is 2.38. The molecule has 1 aliphatic rings. The van der Waals surface area contributed by atoms with Gasteiger partial charge in [0.15, 0.2) is 12.4 Å². The number of nitrogens with one attached hydrogen (secondary N) is 1. The van der Waals surface area contributed by atoms with Crippen LogP contribution in [0.2, 0.25) is 0 Å². The Kier molecular flexibility index (Phi) is 7.09. The van der Waals surface area contributed by atoms with Gasteiger partial charge in [0, 0.05) is 18.8 Å². The van der Waals surface area contributed by atoms with E-state index in [1.807, 2.05) is 0 Å². The van der Waals surface area contributed by atoms with E-state index < -0.39 is 41.9 Å². The Hall–Kier alpha value is -2.43. The summed E-state index contributed by atoms with van der Waals surface area (Å²) in [5, 5.41) is 16.2. The number of rotatable bonds is 5. The second-order valence-electron chi connectivity index (χ2n) is 7.06. The number of ketones is 1. The zero-order valence-electron chi connectivity index (χ0n) is 15.1. The van der Waals surface area contributed by atoms with Crippen molar-refractivity contribution < 1.29 is 23.9 Å². The van der Waals surface area contributed by atoms with Crippen LogP contribution in [0.15, 0.2) is 0 Å². The standard InChI is InChI=1S/C17H25N3O5/c1-11(19)13(9-18)14(21)10-24-15(22)12-5-7-20(8-6-12)16(23)25-17(2,3)4/h12-13,19H,5-8,10H2,1-4H3. The van der Waals surface area contributed by atoms with Gasteiger partial charge in [-0.15, -0.1) is 0 Å². The molecule has 0 aromatic carbocycles. The first kappa shape index (κ1) is 20.6. The molecule has 1 N–H and O–H groups in total. The van der Waals surface area contributed by atoms with E-state index in [2.05, 4.69) is 0 Å². The van der Waals surface area contributed by atoms with Crippen LogP contribution in [0.4, 0.5) is 4.79 Å². The molecule has 25 heavy (non-hydrogen) atoms. The Morgan fingerprint density at radius 2 is 1.84 bits per heavy atom. The van der Waals surface area contributed by atoms with Crippen LogP contribution >= 0.6 is 0 Å². The average molecular weight is 351 g/mol. The van der Waals surface area contributed by atoms with Crippen LogP contribution in [0.25, 0.3) is 0 Å². The Morgan fingerprint density at radius 1 is 1.28 bits per heavy atom. The van der Waals surface area contributed by atoms with E-state index in [0.29, 0.717) is 25.9 Å². The number of carbonyl (C=O) groups is 3. The molecule has 0 spiro atoms. The van der Waals surface area contributed by atoms with Crippen molar-refractivity contribution >= 4 is 23.6 Å². The van der Waals surface area contributed by atoms with Gasteiger partial charge in [0.2, 0.25) is 0 Å². The monoisotopic (exact) mass is 351 g/mol. The summed E-state index contributed by atoms with van der Waals surface area (Å²) in [5.41, 5.74) is -0.647. The summed E-state index contributed by atoms with van der Waals surface area (Å²) >= 11 is 0. The highest BCUT2D eigenvalue weighted by atomic mass is 16.6. The van der Waals surface area contributed by atoms with Crippen molar-refractivity contribution in [2.45, 2.75) is 46.1 Å². The van der Waals surface area contributed by atoms with Crippen LogP contribution in [0.1, 0.15) is 40.5 Å². The first-order valence-corrected chi connectivity index (χ1v) is 8.17. The minimum atomic E-state index is -1.18. The lowest BCUT2D eigenvalue weighted by Crippen LogP contribution is -2.43. The number of hydrogen-bond donors (Lipinski definition) is 1. The van der Waals surface area contributed by atoms with E-state index in [4.69, 9.17) is 20.1 Å². The van der Waals surface area contributed by atoms with E-state index in [1.54, 1.807) is 31.7 Å². The zero-order chi connectivity index (χ0) is 19.2. The normalized spacial score (nSPS) is 16.5. The van der Waals surface area contributed by atoms with Gasteiger partial charge >= 0.3 is 12.1 Å². The maximum absolute atomic E-state index is 12.0. The predicted octanol–water partition coefficient (Wildman–Crippen LogP) is 1.93. The second kappa shape index (κ2) is 8.60. The molecule has 8 nitrogen and oxygen atoms in total. The predicted molar refractivity (Wildman–Crippen MR) is 89.0 cm³/mol. The highest BCUT2D eigenvalue weighted by Crippen LogP contribution is 2.21. The minimum Gasteiger partial charge on any atom is -0.457 e. The lowest BCUT2D eigenvalue weighted by atomic mass is 9.97. The number of carbonyl (C=O) groups excluding carboxylic acids is 3. The molecule has 1 rings (SSSR count). The van der Waals surface area contributed by atoms with Gasteiger partial charge in [0.1, 0.15) is 11.5 Å². The third kappa shape index (κ3) is 6.53. The van der Waals surface area contributed by atoms with E-state index >= 15 is 0 Å². The van der Waals surface area contributed by atoms with Gasteiger partial charge in [-0.1, -0.05) is 0 Å². The number of piperidine rings is 1. The SMILES string of the molecule is CC(=N)C(C#N)C(=O)COC(=O)C1CCN(C(=O)OC(C)(C)C)CC1. The Morgan fingerprint density at radius 3 is 2.28 bits per heavy atom. The largest absolute Gasteiger partial charge is 0.457 e. The van der Waals surface area contributed by atoms with E-state index in [-0.39, 0.29) is 5.71 Å². The molecule has 1 saturated heterocycles. The summed E-state index contributed by atoms with van der Waals surface area (Å²) < 4.78 is 10.3. The van der Waals surface area contributed by atoms with Crippen molar-refractivity contribution in [3.63, 3.8) is 0 Å². The van der Waals surface area contributed by atoms with Gasteiger partial charge in [-0.05, 0) is 40.5 Å². The molecule has 1 heterocycles. The van der Waals surface area contributed by atoms with Crippen molar-refractivity contribution in [3.8, 4) is 6.07 Å². The van der Waals surface area contributed by atoms with Crippen LogP contribution in [0.3, 0.4) is 0 Å². The quantitative estimate of drug-likeness (QED) is 0.597. The van der Waals surface area contributed by atoms with Crippen molar-refractivity contribution in [1.82, 2.24) is 4.90 Å². The third-order valence-electron chi connectivity index (χ3n) is 3.72. The smallest absolute Gasteiger partial charge is 0.410 e. The number of nitrogens with zero attached hydrogens (tertiary/aromatic N) is 2. The Balaban J connectivity index is 2.43. The number of amides is 1. The van der Waals surface area contributed by atoms with Crippen LogP contribution in [-0.4, -0.2) is 53.8 Å². The Labute approximate surface area is 147 Å². The van der Waals surface area contributed by atoms with Crippen molar-refractivity contribution in [1.29, 1.82) is 10.7 Å². The summed E-state index contributed by atoms with van der Waals surface area (Å²) in [7, 11) is 0. The van der Waals surface area contributed by atoms with Crippen molar-refractivity contribution in [2.75, 3.05) is 19.7 Å². The van der Waals surface area contributed by atoms with Crippen molar-refractivity contribution in [2.24, 2.45) is 11.8 Å². The van der Waals surface area contributed by atoms with Gasteiger partial charge in [0.05, 0.1) is 12.0 Å². The summed E-state index contributed by atoms with van der Waals surface area (Å²) in [6.07, 6.45) is 0.447. The summed E-state index contributed by atoms with van der Waals surface area (Å²) in [6, 6.07) is 1.72. The number of hydrogen-bond acceptors (Lipinski definition) is 7. The molecule has 0 saturated carbocycles. The molecule has 1 atom stereocenters. The number of esters is 1. The minimum absolute atomic E-state index is 0.0748. The number of likely N-dealkylation sites (tertiary alicyclic amines) is 1. The van der Waals surface area contributed by atoms with E-state index in [1.165, 1.54) is 6.92 Å². The molecule has 1 amide bonds. The molecule has 0 aromatic rings. The summed E-state index contributed by atoms with van der Waals surface area (Å²) in [6.45, 7) is 6.97. The fraction of sp³-hybridized carbons (Fsp3) is 0.706. The molecule has 1 aliphatic heterocycles. The number of Topliss-reactive ketones (excluding diaryl/α,β-unsaturated/α-hetero) is 1. The fourth-order valence-corrected chi connectivity index (χ4v) is 2.38. The molecule has 138 valence electrons. The molecule has 0 bridgehead atoms. The summed E-state index contributed by atoms with van der Waals surface area (Å²) in [4.78, 5) is 37.3. The molecule has 0 radical (unpaired) electrons. The molecule has 1 fully saturated rings. The van der Waals surface area contributed by atoms with Crippen LogP contribution < -0.4 is 0 Å². The van der Waals surface area contributed by atoms with E-state index in [0.717, 1.165) is 0 Å². The number of ether oxygens (including phenoxy) is 2. The zero-order valence-corrected chi connectivity index (χ0v) is 15.1. The second-order valence-corrected chi connectivity index (χ2v) is 7.06. The lowest BCUT2D eigenvalue weighted by molar-refractivity contribution is -0.153. The Bertz CT molecular complexity index is 580. The lowest BCUT2D eigenvalue weighted by Gasteiger charge is -2.32. The summed E-state index contributed by atoms with van der Waals surface area (Å²) in [5.74, 6) is -2.69. The topological polar surface area (TPSA) is 121 Å². The van der Waals surface area contributed by atoms with Gasteiger partial charge in [0.25, 0.3) is 0 Å². The van der Waals surface area contributed by atoms with Crippen LogP contribution in [0, 0.1) is 28.6 Å². The maximum Gasteiger partial charge on any atom is 0.410 e. The van der Waals surface area contributed by atoms with Crippen LogP contribution in [0.5, 0.6) is 0 Å². The first-order chi connectivity index (χ1) is 11.5. The molecular formula is C17H25N3O5. The van der Waals surface area contributed by atoms with Gasteiger partial charge in [-0.25, -0.2) is 4.79 Å². The first-order valence-electron chi connectivity index (χ1n) is 8.17.